The molecule has 18 heavy (non-hydrogen) atoms. The van der Waals surface area contributed by atoms with Crippen molar-refractivity contribution in [2.24, 2.45) is 0 Å². The summed E-state index contributed by atoms with van der Waals surface area (Å²) in [5.41, 5.74) is 0.983. The molecule has 0 spiro atoms. The average molecular weight is 262 g/mol. The topological polar surface area (TPSA) is 37.8 Å². The molecule has 1 aliphatic rings. The number of hydrogen-bond acceptors (Lipinski definition) is 3. The Bertz CT molecular complexity index is 544. The molecular formula is C14H16ClN3. The molecule has 0 unspecified atom stereocenters. The Kier molecular flexibility index (Phi) is 3.08. The van der Waals surface area contributed by atoms with Crippen LogP contribution in [0.4, 0.5) is 5.82 Å². The smallest absolute Gasteiger partial charge is 0.137 e. The molecule has 4 heteroatoms. The van der Waals surface area contributed by atoms with Gasteiger partial charge >= 0.3 is 0 Å². The quantitative estimate of drug-likeness (QED) is 0.858. The first-order valence-corrected chi connectivity index (χ1v) is 6.90. The van der Waals surface area contributed by atoms with Gasteiger partial charge in [0.25, 0.3) is 0 Å². The number of para-hydroxylation sites is 1. The van der Waals surface area contributed by atoms with E-state index in [1.807, 2.05) is 18.2 Å². The number of hydrogen-bond donors (Lipinski definition) is 1. The van der Waals surface area contributed by atoms with Gasteiger partial charge in [-0.05, 0) is 25.0 Å². The second-order valence-corrected chi connectivity index (χ2v) is 5.25. The fraction of sp³-hybridized carbons (Fsp3) is 0.429. The number of halogens is 1. The number of rotatable bonds is 3. The maximum absolute atomic E-state index is 6.16. The second-order valence-electron chi connectivity index (χ2n) is 4.99. The maximum Gasteiger partial charge on any atom is 0.137 e. The van der Waals surface area contributed by atoms with E-state index in [2.05, 4.69) is 21.4 Å². The molecule has 94 valence electrons. The van der Waals surface area contributed by atoms with Gasteiger partial charge in [-0.15, -0.1) is 11.6 Å². The summed E-state index contributed by atoms with van der Waals surface area (Å²) in [7, 11) is 0. The van der Waals surface area contributed by atoms with E-state index in [4.69, 9.17) is 11.6 Å². The minimum Gasteiger partial charge on any atom is -0.363 e. The van der Waals surface area contributed by atoms with E-state index in [9.17, 15) is 0 Å². The highest BCUT2D eigenvalue weighted by Gasteiger charge is 2.33. The Morgan fingerprint density at radius 1 is 1.17 bits per heavy atom. The molecule has 1 heterocycles. The molecule has 0 amide bonds. The third-order valence-electron chi connectivity index (χ3n) is 3.74. The number of nitrogens with zero attached hydrogens (tertiary/aromatic N) is 2. The SMILES string of the molecule is ClCC1(Nc2ncnc3ccccc23)CCCC1. The molecule has 2 aromatic rings. The fourth-order valence-electron chi connectivity index (χ4n) is 2.70. The standard InChI is InChI=1S/C14H16ClN3/c15-9-14(7-3-4-8-14)18-13-11-5-1-2-6-12(11)16-10-17-13/h1-2,5-6,10H,3-4,7-9H2,(H,16,17,18). The number of nitrogens with one attached hydrogen (secondary N) is 1. The van der Waals surface area contributed by atoms with Crippen LogP contribution in [0.3, 0.4) is 0 Å². The first-order chi connectivity index (χ1) is 8.83. The van der Waals surface area contributed by atoms with E-state index in [0.29, 0.717) is 5.88 Å². The highest BCUT2D eigenvalue weighted by atomic mass is 35.5. The van der Waals surface area contributed by atoms with Crippen LogP contribution < -0.4 is 5.32 Å². The molecular weight excluding hydrogens is 246 g/mol. The van der Waals surface area contributed by atoms with Gasteiger partial charge in [0.2, 0.25) is 0 Å². The van der Waals surface area contributed by atoms with Gasteiger partial charge in [0, 0.05) is 11.3 Å². The van der Waals surface area contributed by atoms with Crippen LogP contribution in [0.25, 0.3) is 10.9 Å². The highest BCUT2D eigenvalue weighted by Crippen LogP contribution is 2.35. The predicted octanol–water partition coefficient (Wildman–Crippen LogP) is 3.59. The van der Waals surface area contributed by atoms with Crippen LogP contribution in [0.1, 0.15) is 25.7 Å². The van der Waals surface area contributed by atoms with Crippen molar-refractivity contribution in [3.63, 3.8) is 0 Å². The molecule has 0 aliphatic heterocycles. The summed E-state index contributed by atoms with van der Waals surface area (Å²) in [5, 5.41) is 4.63. The van der Waals surface area contributed by atoms with Crippen LogP contribution in [0, 0.1) is 0 Å². The monoisotopic (exact) mass is 261 g/mol. The van der Waals surface area contributed by atoms with Gasteiger partial charge < -0.3 is 5.32 Å². The van der Waals surface area contributed by atoms with E-state index < -0.39 is 0 Å². The summed E-state index contributed by atoms with van der Waals surface area (Å²) in [4.78, 5) is 8.66. The molecule has 1 N–H and O–H groups in total. The Labute approximate surface area is 112 Å². The van der Waals surface area contributed by atoms with Crippen LogP contribution in [0.15, 0.2) is 30.6 Å². The Morgan fingerprint density at radius 2 is 1.94 bits per heavy atom. The lowest BCUT2D eigenvalue weighted by Gasteiger charge is -2.28. The first kappa shape index (κ1) is 11.7. The molecule has 1 fully saturated rings. The van der Waals surface area contributed by atoms with E-state index in [0.717, 1.165) is 29.6 Å². The zero-order valence-corrected chi connectivity index (χ0v) is 11.0. The Hall–Kier alpha value is -1.35. The van der Waals surface area contributed by atoms with Crippen molar-refractivity contribution in [1.29, 1.82) is 0 Å². The van der Waals surface area contributed by atoms with Crippen molar-refractivity contribution in [1.82, 2.24) is 9.97 Å². The average Bonchev–Trinajstić information content (AvgIpc) is 2.88. The minimum atomic E-state index is 0.0126. The van der Waals surface area contributed by atoms with Gasteiger partial charge in [-0.2, -0.15) is 0 Å². The highest BCUT2D eigenvalue weighted by molar-refractivity contribution is 6.19. The van der Waals surface area contributed by atoms with Gasteiger partial charge in [-0.1, -0.05) is 25.0 Å². The number of fused-ring (bicyclic) bond motifs is 1. The summed E-state index contributed by atoms with van der Waals surface area (Å²) in [6.07, 6.45) is 6.33. The molecule has 3 rings (SSSR count). The maximum atomic E-state index is 6.16. The van der Waals surface area contributed by atoms with Crippen molar-refractivity contribution in [2.45, 2.75) is 31.2 Å². The summed E-state index contributed by atoms with van der Waals surface area (Å²) in [6.45, 7) is 0. The molecule has 1 aromatic carbocycles. The predicted molar refractivity (Wildman–Crippen MR) is 75.1 cm³/mol. The number of aromatic nitrogens is 2. The zero-order chi connectivity index (χ0) is 12.4. The fourth-order valence-corrected chi connectivity index (χ4v) is 3.03. The van der Waals surface area contributed by atoms with Crippen molar-refractivity contribution >= 4 is 28.3 Å². The van der Waals surface area contributed by atoms with Gasteiger partial charge in [-0.3, -0.25) is 0 Å². The van der Waals surface area contributed by atoms with Crippen molar-refractivity contribution in [3.8, 4) is 0 Å². The molecule has 1 aliphatic carbocycles. The Balaban J connectivity index is 1.99. The van der Waals surface area contributed by atoms with Gasteiger partial charge in [0.1, 0.15) is 12.1 Å². The minimum absolute atomic E-state index is 0.0126. The third-order valence-corrected chi connectivity index (χ3v) is 4.25. The molecule has 1 saturated carbocycles. The largest absolute Gasteiger partial charge is 0.363 e. The number of anilines is 1. The van der Waals surface area contributed by atoms with E-state index in [-0.39, 0.29) is 5.54 Å². The molecule has 0 saturated heterocycles. The number of benzene rings is 1. The van der Waals surface area contributed by atoms with Crippen molar-refractivity contribution in [2.75, 3.05) is 11.2 Å². The molecule has 0 radical (unpaired) electrons. The van der Waals surface area contributed by atoms with E-state index >= 15 is 0 Å². The Morgan fingerprint density at radius 3 is 2.72 bits per heavy atom. The zero-order valence-electron chi connectivity index (χ0n) is 10.2. The molecule has 0 bridgehead atoms. The molecule has 0 atom stereocenters. The van der Waals surface area contributed by atoms with Gasteiger partial charge in [0.15, 0.2) is 0 Å². The van der Waals surface area contributed by atoms with Crippen LogP contribution in [0.2, 0.25) is 0 Å². The lowest BCUT2D eigenvalue weighted by molar-refractivity contribution is 0.538. The lowest BCUT2D eigenvalue weighted by atomic mass is 10.00. The van der Waals surface area contributed by atoms with Crippen LogP contribution >= 0.6 is 11.6 Å². The summed E-state index contributed by atoms with van der Waals surface area (Å²) in [5.74, 6) is 1.54. The number of alkyl halides is 1. The molecule has 3 nitrogen and oxygen atoms in total. The summed E-state index contributed by atoms with van der Waals surface area (Å²) < 4.78 is 0. The van der Waals surface area contributed by atoms with Crippen LogP contribution in [0.5, 0.6) is 0 Å². The first-order valence-electron chi connectivity index (χ1n) is 6.37. The lowest BCUT2D eigenvalue weighted by Crippen LogP contribution is -2.37. The van der Waals surface area contributed by atoms with Gasteiger partial charge in [0.05, 0.1) is 11.1 Å². The van der Waals surface area contributed by atoms with E-state index in [1.165, 1.54) is 12.8 Å². The van der Waals surface area contributed by atoms with Crippen LogP contribution in [-0.2, 0) is 0 Å². The normalized spacial score (nSPS) is 18.1. The van der Waals surface area contributed by atoms with Crippen molar-refractivity contribution < 1.29 is 0 Å². The van der Waals surface area contributed by atoms with Gasteiger partial charge in [-0.25, -0.2) is 9.97 Å². The second kappa shape index (κ2) is 4.73. The third kappa shape index (κ3) is 2.03. The van der Waals surface area contributed by atoms with Crippen LogP contribution in [-0.4, -0.2) is 21.4 Å². The summed E-state index contributed by atoms with van der Waals surface area (Å²) in [6, 6.07) is 8.06. The summed E-state index contributed by atoms with van der Waals surface area (Å²) >= 11 is 6.16. The van der Waals surface area contributed by atoms with Crippen molar-refractivity contribution in [3.05, 3.63) is 30.6 Å². The van der Waals surface area contributed by atoms with E-state index in [1.54, 1.807) is 6.33 Å². The molecule has 1 aromatic heterocycles.